The highest BCUT2D eigenvalue weighted by molar-refractivity contribution is 9.11. The lowest BCUT2D eigenvalue weighted by molar-refractivity contribution is -0.123. The molecule has 1 amide bonds. The van der Waals surface area contributed by atoms with E-state index in [1.807, 2.05) is 44.2 Å². The number of carbonyl (C=O) groups excluding carboxylic acids is 1. The van der Waals surface area contributed by atoms with Gasteiger partial charge < -0.3 is 9.47 Å². The number of para-hydroxylation sites is 1. The summed E-state index contributed by atoms with van der Waals surface area (Å²) in [6.45, 7) is 3.79. The Morgan fingerprint density at radius 1 is 1.16 bits per heavy atom. The zero-order valence-electron chi connectivity index (χ0n) is 14.1. The molecular formula is C18H18Br2N2O3. The highest BCUT2D eigenvalue weighted by Gasteiger charge is 2.08. The molecule has 2 aromatic carbocycles. The van der Waals surface area contributed by atoms with Crippen molar-refractivity contribution in [2.24, 2.45) is 5.10 Å². The number of halogens is 2. The van der Waals surface area contributed by atoms with Crippen LogP contribution in [0.5, 0.6) is 11.5 Å². The molecule has 0 aliphatic carbocycles. The van der Waals surface area contributed by atoms with Gasteiger partial charge in [0.2, 0.25) is 0 Å². The van der Waals surface area contributed by atoms with Crippen molar-refractivity contribution in [1.29, 1.82) is 0 Å². The molecule has 132 valence electrons. The fourth-order valence-corrected chi connectivity index (χ4v) is 3.77. The molecule has 0 aromatic heterocycles. The number of benzene rings is 2. The number of hydrogen-bond donors (Lipinski definition) is 1. The number of methoxy groups -OCH3 is 1. The minimum atomic E-state index is -0.328. The third-order valence-electron chi connectivity index (χ3n) is 3.38. The zero-order chi connectivity index (χ0) is 18.4. The number of rotatable bonds is 6. The molecule has 0 radical (unpaired) electrons. The minimum absolute atomic E-state index is 0.0982. The molecule has 2 aromatic rings. The molecule has 5 nitrogen and oxygen atoms in total. The molecule has 0 spiro atoms. The van der Waals surface area contributed by atoms with E-state index < -0.39 is 0 Å². The second kappa shape index (κ2) is 9.01. The first-order chi connectivity index (χ1) is 11.9. The van der Waals surface area contributed by atoms with E-state index in [2.05, 4.69) is 42.4 Å². The lowest BCUT2D eigenvalue weighted by Crippen LogP contribution is -2.25. The van der Waals surface area contributed by atoms with Gasteiger partial charge in [0.1, 0.15) is 11.5 Å². The molecule has 0 unspecified atom stereocenters. The molecule has 0 fully saturated rings. The third kappa shape index (κ3) is 5.31. The van der Waals surface area contributed by atoms with Crippen LogP contribution in [-0.2, 0) is 4.79 Å². The largest absolute Gasteiger partial charge is 0.494 e. The molecule has 0 bridgehead atoms. The van der Waals surface area contributed by atoms with Gasteiger partial charge in [-0.2, -0.15) is 5.10 Å². The van der Waals surface area contributed by atoms with E-state index in [4.69, 9.17) is 9.47 Å². The Balaban J connectivity index is 1.93. The summed E-state index contributed by atoms with van der Waals surface area (Å²) in [5, 5.41) is 3.95. The van der Waals surface area contributed by atoms with Crippen LogP contribution in [0.2, 0.25) is 0 Å². The van der Waals surface area contributed by atoms with Crippen LogP contribution in [0.25, 0.3) is 0 Å². The van der Waals surface area contributed by atoms with Crippen LogP contribution in [0.3, 0.4) is 0 Å². The van der Waals surface area contributed by atoms with Gasteiger partial charge in [-0.15, -0.1) is 0 Å². The van der Waals surface area contributed by atoms with Crippen molar-refractivity contribution < 1.29 is 14.3 Å². The Hall–Kier alpha value is -1.86. The predicted octanol–water partition coefficient (Wildman–Crippen LogP) is 4.37. The zero-order valence-corrected chi connectivity index (χ0v) is 17.3. The standard InChI is InChI=1S/C18H18Br2N2O3/c1-11-5-4-6-12(2)17(11)25-10-16(23)22-21-9-13-7-14(19)18(24-3)15(20)8-13/h4-9H,10H2,1-3H3,(H,22,23)/b21-9+. The first-order valence-corrected chi connectivity index (χ1v) is 9.05. The summed E-state index contributed by atoms with van der Waals surface area (Å²) in [6.07, 6.45) is 1.55. The van der Waals surface area contributed by atoms with Crippen molar-refractivity contribution in [2.75, 3.05) is 13.7 Å². The van der Waals surface area contributed by atoms with Crippen molar-refractivity contribution in [3.05, 3.63) is 56.0 Å². The lowest BCUT2D eigenvalue weighted by atomic mass is 10.1. The smallest absolute Gasteiger partial charge is 0.277 e. The summed E-state index contributed by atoms with van der Waals surface area (Å²) >= 11 is 6.84. The maximum atomic E-state index is 11.9. The molecular weight excluding hydrogens is 452 g/mol. The molecule has 2 rings (SSSR count). The van der Waals surface area contributed by atoms with Crippen LogP contribution in [0, 0.1) is 13.8 Å². The summed E-state index contributed by atoms with van der Waals surface area (Å²) < 4.78 is 12.4. The molecule has 0 saturated heterocycles. The number of aryl methyl sites for hydroxylation is 2. The van der Waals surface area contributed by atoms with Crippen LogP contribution < -0.4 is 14.9 Å². The number of nitrogens with one attached hydrogen (secondary N) is 1. The maximum absolute atomic E-state index is 11.9. The number of nitrogens with zero attached hydrogens (tertiary/aromatic N) is 1. The van der Waals surface area contributed by atoms with E-state index in [9.17, 15) is 4.79 Å². The highest BCUT2D eigenvalue weighted by Crippen LogP contribution is 2.33. The molecule has 0 aliphatic rings. The summed E-state index contributed by atoms with van der Waals surface area (Å²) in [7, 11) is 1.59. The van der Waals surface area contributed by atoms with Gasteiger partial charge in [0.25, 0.3) is 5.91 Å². The van der Waals surface area contributed by atoms with Gasteiger partial charge in [0.15, 0.2) is 6.61 Å². The van der Waals surface area contributed by atoms with E-state index in [-0.39, 0.29) is 12.5 Å². The van der Waals surface area contributed by atoms with Crippen LogP contribution in [0.1, 0.15) is 16.7 Å². The molecule has 0 atom stereocenters. The Morgan fingerprint density at radius 2 is 1.76 bits per heavy atom. The first-order valence-electron chi connectivity index (χ1n) is 7.46. The quantitative estimate of drug-likeness (QED) is 0.504. The van der Waals surface area contributed by atoms with Gasteiger partial charge in [-0.25, -0.2) is 5.43 Å². The summed E-state index contributed by atoms with van der Waals surface area (Å²) in [4.78, 5) is 11.9. The number of hydrazone groups is 1. The van der Waals surface area contributed by atoms with Gasteiger partial charge in [0.05, 0.1) is 22.3 Å². The molecule has 7 heteroatoms. The average molecular weight is 470 g/mol. The number of hydrogen-bond acceptors (Lipinski definition) is 4. The summed E-state index contributed by atoms with van der Waals surface area (Å²) in [5.74, 6) is 1.10. The Bertz CT molecular complexity index is 764. The molecule has 0 heterocycles. The maximum Gasteiger partial charge on any atom is 0.277 e. The molecule has 25 heavy (non-hydrogen) atoms. The Morgan fingerprint density at radius 3 is 2.32 bits per heavy atom. The molecule has 0 aliphatic heterocycles. The van der Waals surface area contributed by atoms with Crippen molar-refractivity contribution >= 4 is 44.0 Å². The van der Waals surface area contributed by atoms with Crippen molar-refractivity contribution in [1.82, 2.24) is 5.43 Å². The van der Waals surface area contributed by atoms with Gasteiger partial charge in [0, 0.05) is 0 Å². The van der Waals surface area contributed by atoms with Crippen LogP contribution in [0.4, 0.5) is 0 Å². The number of amides is 1. The molecule has 0 saturated carbocycles. The van der Waals surface area contributed by atoms with Crippen LogP contribution >= 0.6 is 31.9 Å². The fourth-order valence-electron chi connectivity index (χ4n) is 2.22. The van der Waals surface area contributed by atoms with Crippen molar-refractivity contribution in [2.45, 2.75) is 13.8 Å². The van der Waals surface area contributed by atoms with Gasteiger partial charge in [-0.05, 0) is 74.5 Å². The van der Waals surface area contributed by atoms with E-state index >= 15 is 0 Å². The van der Waals surface area contributed by atoms with E-state index in [1.165, 1.54) is 0 Å². The van der Waals surface area contributed by atoms with Crippen LogP contribution in [-0.4, -0.2) is 25.8 Å². The number of carbonyl (C=O) groups is 1. The second-order valence-electron chi connectivity index (χ2n) is 5.32. The van der Waals surface area contributed by atoms with Crippen LogP contribution in [0.15, 0.2) is 44.4 Å². The summed E-state index contributed by atoms with van der Waals surface area (Å²) in [6, 6.07) is 9.52. The van der Waals surface area contributed by atoms with Gasteiger partial charge in [-0.1, -0.05) is 18.2 Å². The average Bonchev–Trinajstić information content (AvgIpc) is 2.54. The van der Waals surface area contributed by atoms with Crippen molar-refractivity contribution in [3.8, 4) is 11.5 Å². The summed E-state index contributed by atoms with van der Waals surface area (Å²) in [5.41, 5.74) is 5.23. The normalized spacial score (nSPS) is 10.8. The van der Waals surface area contributed by atoms with E-state index in [0.717, 1.165) is 31.4 Å². The van der Waals surface area contributed by atoms with Crippen molar-refractivity contribution in [3.63, 3.8) is 0 Å². The third-order valence-corrected chi connectivity index (χ3v) is 4.56. The topological polar surface area (TPSA) is 59.9 Å². The fraction of sp³-hybridized carbons (Fsp3) is 0.222. The minimum Gasteiger partial charge on any atom is -0.494 e. The van der Waals surface area contributed by atoms with E-state index in [0.29, 0.717) is 5.75 Å². The monoisotopic (exact) mass is 468 g/mol. The second-order valence-corrected chi connectivity index (χ2v) is 7.03. The first kappa shape index (κ1) is 19.5. The molecule has 1 N–H and O–H groups in total. The SMILES string of the molecule is COc1c(Br)cc(/C=N/NC(=O)COc2c(C)cccc2C)cc1Br. The lowest BCUT2D eigenvalue weighted by Gasteiger charge is -2.10. The highest BCUT2D eigenvalue weighted by atomic mass is 79.9. The Labute approximate surface area is 163 Å². The number of ether oxygens (including phenoxy) is 2. The van der Waals surface area contributed by atoms with Gasteiger partial charge >= 0.3 is 0 Å². The Kier molecular flexibility index (Phi) is 7.01. The van der Waals surface area contributed by atoms with Gasteiger partial charge in [-0.3, -0.25) is 4.79 Å². The predicted molar refractivity (Wildman–Crippen MR) is 106 cm³/mol. The van der Waals surface area contributed by atoms with E-state index in [1.54, 1.807) is 13.3 Å².